The van der Waals surface area contributed by atoms with Crippen LogP contribution in [0, 0.1) is 6.92 Å². The number of benzene rings is 1. The topological polar surface area (TPSA) is 34.4 Å². The van der Waals surface area contributed by atoms with E-state index < -0.39 is 0 Å². The molecule has 3 nitrogen and oxygen atoms in total. The monoisotopic (exact) mass is 337 g/mol. The van der Waals surface area contributed by atoms with Crippen molar-refractivity contribution in [2.75, 3.05) is 13.2 Å². The predicted molar refractivity (Wildman–Crippen MR) is 84.3 cm³/mol. The molecular weight excluding hydrogens is 318 g/mol. The van der Waals surface area contributed by atoms with Crippen LogP contribution in [-0.2, 0) is 0 Å². The molecule has 2 aromatic rings. The van der Waals surface area contributed by atoms with Crippen molar-refractivity contribution >= 4 is 15.9 Å². The molecule has 0 saturated carbocycles. The summed E-state index contributed by atoms with van der Waals surface area (Å²) in [6, 6.07) is 10.1. The van der Waals surface area contributed by atoms with Gasteiger partial charge in [-0.05, 0) is 50.7 Å². The Kier molecular flexibility index (Phi) is 5.26. The van der Waals surface area contributed by atoms with Crippen molar-refractivity contribution in [3.05, 3.63) is 51.9 Å². The summed E-state index contributed by atoms with van der Waals surface area (Å²) >= 11 is 3.53. The first-order chi connectivity index (χ1) is 9.65. The van der Waals surface area contributed by atoms with Crippen molar-refractivity contribution in [3.8, 4) is 5.75 Å². The van der Waals surface area contributed by atoms with Gasteiger partial charge in [0, 0.05) is 10.0 Å². The van der Waals surface area contributed by atoms with E-state index in [-0.39, 0.29) is 6.04 Å². The third-order valence-electron chi connectivity index (χ3n) is 3.04. The second-order valence-corrected chi connectivity index (χ2v) is 5.47. The molecule has 1 unspecified atom stereocenters. The standard InChI is InChI=1S/C16H20BrNO2/c1-4-18-16(15-8-6-11(3)20-15)13-10-12(17)7-9-14(13)19-5-2/h6-10,16,18H,4-5H2,1-3H3. The number of aryl methyl sites for hydroxylation is 1. The number of nitrogens with one attached hydrogen (secondary N) is 1. The van der Waals surface area contributed by atoms with Crippen LogP contribution in [0.25, 0.3) is 0 Å². The van der Waals surface area contributed by atoms with Crippen LogP contribution in [0.4, 0.5) is 0 Å². The number of hydrogen-bond acceptors (Lipinski definition) is 3. The van der Waals surface area contributed by atoms with E-state index in [9.17, 15) is 0 Å². The lowest BCUT2D eigenvalue weighted by Gasteiger charge is -2.20. The highest BCUT2D eigenvalue weighted by atomic mass is 79.9. The molecule has 0 aliphatic heterocycles. The molecule has 1 N–H and O–H groups in total. The van der Waals surface area contributed by atoms with Gasteiger partial charge in [-0.3, -0.25) is 0 Å². The van der Waals surface area contributed by atoms with Crippen LogP contribution >= 0.6 is 15.9 Å². The van der Waals surface area contributed by atoms with Crippen LogP contribution < -0.4 is 10.1 Å². The van der Waals surface area contributed by atoms with Gasteiger partial charge in [-0.15, -0.1) is 0 Å². The van der Waals surface area contributed by atoms with Gasteiger partial charge in [-0.25, -0.2) is 0 Å². The van der Waals surface area contributed by atoms with Gasteiger partial charge in [-0.1, -0.05) is 22.9 Å². The average Bonchev–Trinajstić information content (AvgIpc) is 2.85. The SMILES string of the molecule is CCNC(c1ccc(C)o1)c1cc(Br)ccc1OCC. The van der Waals surface area contributed by atoms with Crippen LogP contribution in [-0.4, -0.2) is 13.2 Å². The lowest BCUT2D eigenvalue weighted by atomic mass is 10.0. The molecule has 0 bridgehead atoms. The normalized spacial score (nSPS) is 12.4. The molecule has 1 aromatic carbocycles. The zero-order valence-corrected chi connectivity index (χ0v) is 13.7. The maximum atomic E-state index is 5.79. The van der Waals surface area contributed by atoms with E-state index in [0.717, 1.165) is 33.9 Å². The summed E-state index contributed by atoms with van der Waals surface area (Å²) in [5.41, 5.74) is 1.08. The molecule has 4 heteroatoms. The van der Waals surface area contributed by atoms with Gasteiger partial charge in [0.15, 0.2) is 0 Å². The fourth-order valence-corrected chi connectivity index (χ4v) is 2.59. The van der Waals surface area contributed by atoms with Gasteiger partial charge >= 0.3 is 0 Å². The third-order valence-corrected chi connectivity index (χ3v) is 3.53. The Morgan fingerprint density at radius 2 is 2.05 bits per heavy atom. The minimum Gasteiger partial charge on any atom is -0.494 e. The van der Waals surface area contributed by atoms with Crippen LogP contribution in [0.15, 0.2) is 39.2 Å². The van der Waals surface area contributed by atoms with E-state index in [1.165, 1.54) is 0 Å². The van der Waals surface area contributed by atoms with E-state index in [4.69, 9.17) is 9.15 Å². The van der Waals surface area contributed by atoms with Crippen LogP contribution in [0.5, 0.6) is 5.75 Å². The summed E-state index contributed by atoms with van der Waals surface area (Å²) in [5.74, 6) is 2.70. The summed E-state index contributed by atoms with van der Waals surface area (Å²) in [4.78, 5) is 0. The van der Waals surface area contributed by atoms with E-state index in [2.05, 4.69) is 34.2 Å². The molecule has 1 atom stereocenters. The summed E-state index contributed by atoms with van der Waals surface area (Å²) in [7, 11) is 0. The van der Waals surface area contributed by atoms with Gasteiger partial charge in [0.05, 0.1) is 12.6 Å². The first-order valence-corrected chi connectivity index (χ1v) is 7.67. The molecule has 108 valence electrons. The summed E-state index contributed by atoms with van der Waals surface area (Å²) < 4.78 is 12.6. The smallest absolute Gasteiger partial charge is 0.125 e. The molecule has 0 amide bonds. The lowest BCUT2D eigenvalue weighted by Crippen LogP contribution is -2.22. The number of halogens is 1. The molecule has 1 heterocycles. The van der Waals surface area contributed by atoms with Crippen molar-refractivity contribution in [3.63, 3.8) is 0 Å². The summed E-state index contributed by atoms with van der Waals surface area (Å²) in [6.45, 7) is 7.52. The van der Waals surface area contributed by atoms with Crippen molar-refractivity contribution < 1.29 is 9.15 Å². The van der Waals surface area contributed by atoms with Crippen LogP contribution in [0.2, 0.25) is 0 Å². The molecule has 0 aliphatic rings. The minimum atomic E-state index is -0.00671. The summed E-state index contributed by atoms with van der Waals surface area (Å²) in [5, 5.41) is 3.46. The van der Waals surface area contributed by atoms with Crippen molar-refractivity contribution in [2.45, 2.75) is 26.8 Å². The molecule has 0 spiro atoms. The largest absolute Gasteiger partial charge is 0.494 e. The fourth-order valence-electron chi connectivity index (χ4n) is 2.21. The van der Waals surface area contributed by atoms with E-state index in [1.54, 1.807) is 0 Å². The molecule has 0 fully saturated rings. The van der Waals surface area contributed by atoms with Crippen molar-refractivity contribution in [2.24, 2.45) is 0 Å². The number of ether oxygens (including phenoxy) is 1. The van der Waals surface area contributed by atoms with E-state index in [1.807, 2.05) is 38.1 Å². The van der Waals surface area contributed by atoms with Gasteiger partial charge in [0.2, 0.25) is 0 Å². The molecular formula is C16H20BrNO2. The molecule has 1 aromatic heterocycles. The number of furan rings is 1. The summed E-state index contributed by atoms with van der Waals surface area (Å²) in [6.07, 6.45) is 0. The second kappa shape index (κ2) is 6.95. The Bertz CT molecular complexity index is 565. The lowest BCUT2D eigenvalue weighted by molar-refractivity contribution is 0.330. The highest BCUT2D eigenvalue weighted by Gasteiger charge is 2.21. The molecule has 0 radical (unpaired) electrons. The number of rotatable bonds is 6. The number of hydrogen-bond donors (Lipinski definition) is 1. The average molecular weight is 338 g/mol. The van der Waals surface area contributed by atoms with Gasteiger partial charge in [0.1, 0.15) is 17.3 Å². The Morgan fingerprint density at radius 1 is 1.25 bits per heavy atom. The van der Waals surface area contributed by atoms with E-state index >= 15 is 0 Å². The Morgan fingerprint density at radius 3 is 2.65 bits per heavy atom. The molecule has 20 heavy (non-hydrogen) atoms. The van der Waals surface area contributed by atoms with Crippen molar-refractivity contribution in [1.29, 1.82) is 0 Å². The first-order valence-electron chi connectivity index (χ1n) is 6.87. The van der Waals surface area contributed by atoms with Crippen LogP contribution in [0.1, 0.15) is 37.0 Å². The first kappa shape index (κ1) is 15.1. The van der Waals surface area contributed by atoms with Gasteiger partial charge in [0.25, 0.3) is 0 Å². The Hall–Kier alpha value is -1.26. The molecule has 0 aliphatic carbocycles. The predicted octanol–water partition coefficient (Wildman–Crippen LogP) is 4.45. The molecule has 2 rings (SSSR count). The highest BCUT2D eigenvalue weighted by Crippen LogP contribution is 2.33. The van der Waals surface area contributed by atoms with E-state index in [0.29, 0.717) is 6.61 Å². The maximum Gasteiger partial charge on any atom is 0.125 e. The third kappa shape index (κ3) is 3.44. The fraction of sp³-hybridized carbons (Fsp3) is 0.375. The Labute approximate surface area is 128 Å². The van der Waals surface area contributed by atoms with Gasteiger partial charge < -0.3 is 14.5 Å². The maximum absolute atomic E-state index is 5.79. The highest BCUT2D eigenvalue weighted by molar-refractivity contribution is 9.10. The zero-order valence-electron chi connectivity index (χ0n) is 12.1. The van der Waals surface area contributed by atoms with Gasteiger partial charge in [-0.2, -0.15) is 0 Å². The minimum absolute atomic E-state index is 0.00671. The van der Waals surface area contributed by atoms with Crippen LogP contribution in [0.3, 0.4) is 0 Å². The zero-order chi connectivity index (χ0) is 14.5. The van der Waals surface area contributed by atoms with Crippen molar-refractivity contribution in [1.82, 2.24) is 5.32 Å². The quantitative estimate of drug-likeness (QED) is 0.845. The Balaban J connectivity index is 2.45. The molecule has 0 saturated heterocycles. The second-order valence-electron chi connectivity index (χ2n) is 4.55.